The van der Waals surface area contributed by atoms with Gasteiger partial charge in [-0.3, -0.25) is 0 Å². The summed E-state index contributed by atoms with van der Waals surface area (Å²) in [5.41, 5.74) is 2.54. The van der Waals surface area contributed by atoms with Crippen LogP contribution in [0.25, 0.3) is 10.9 Å². The molecular formula is C20H18F3N3OS. The van der Waals surface area contributed by atoms with E-state index >= 15 is 0 Å². The first-order valence-corrected chi connectivity index (χ1v) is 9.92. The molecule has 146 valence electrons. The van der Waals surface area contributed by atoms with E-state index in [1.165, 1.54) is 6.07 Å². The van der Waals surface area contributed by atoms with Gasteiger partial charge < -0.3 is 9.67 Å². The molecule has 1 N–H and O–H groups in total. The molecule has 1 aromatic heterocycles. The Bertz CT molecular complexity index is 1080. The van der Waals surface area contributed by atoms with Crippen molar-refractivity contribution in [1.29, 1.82) is 0 Å². The minimum atomic E-state index is -4.47. The quantitative estimate of drug-likeness (QED) is 0.494. The third-order valence-electron chi connectivity index (χ3n) is 5.02. The maximum absolute atomic E-state index is 13.2. The fourth-order valence-corrected chi connectivity index (χ4v) is 3.94. The van der Waals surface area contributed by atoms with Crippen molar-refractivity contribution < 1.29 is 18.3 Å². The predicted molar refractivity (Wildman–Crippen MR) is 105 cm³/mol. The summed E-state index contributed by atoms with van der Waals surface area (Å²) >= 11 is 1.72. The van der Waals surface area contributed by atoms with Gasteiger partial charge in [0.05, 0.1) is 22.8 Å². The van der Waals surface area contributed by atoms with Crippen molar-refractivity contribution in [3.63, 3.8) is 0 Å². The standard InChI is InChI=1S/C20H18F3N3OS/c1-11-3-5-14(7-12(11)2)24-25-18-16-8-13(20(21,22)23)4-6-17(16)26(19(18)27)15-9-28-10-15/h3-8,15,27H,9-10H2,1-2H3. The highest BCUT2D eigenvalue weighted by atomic mass is 32.2. The molecule has 2 heterocycles. The fraction of sp³-hybridized carbons (Fsp3) is 0.300. The van der Waals surface area contributed by atoms with Crippen LogP contribution in [0, 0.1) is 13.8 Å². The number of hydrogen-bond acceptors (Lipinski definition) is 4. The second-order valence-electron chi connectivity index (χ2n) is 6.93. The molecule has 0 aliphatic carbocycles. The van der Waals surface area contributed by atoms with Crippen molar-refractivity contribution in [3.8, 4) is 5.88 Å². The Hall–Kier alpha value is -2.48. The SMILES string of the molecule is Cc1ccc(N=Nc2c(O)n(C3CSC3)c3ccc(C(F)(F)F)cc23)cc1C. The number of hydrogen-bond donors (Lipinski definition) is 1. The Morgan fingerprint density at radius 2 is 1.79 bits per heavy atom. The molecule has 4 nitrogen and oxygen atoms in total. The van der Waals surface area contributed by atoms with Crippen LogP contribution >= 0.6 is 11.8 Å². The third-order valence-corrected chi connectivity index (χ3v) is 6.26. The van der Waals surface area contributed by atoms with Gasteiger partial charge in [0.2, 0.25) is 5.88 Å². The Morgan fingerprint density at radius 3 is 2.39 bits per heavy atom. The van der Waals surface area contributed by atoms with Gasteiger partial charge in [-0.2, -0.15) is 30.0 Å². The van der Waals surface area contributed by atoms with Crippen LogP contribution in [0.2, 0.25) is 0 Å². The van der Waals surface area contributed by atoms with Gasteiger partial charge in [0.25, 0.3) is 0 Å². The molecule has 0 spiro atoms. The monoisotopic (exact) mass is 405 g/mol. The predicted octanol–water partition coefficient (Wildman–Crippen LogP) is 6.69. The minimum absolute atomic E-state index is 0.0369. The van der Waals surface area contributed by atoms with Crippen LogP contribution in [0.4, 0.5) is 24.5 Å². The van der Waals surface area contributed by atoms with Gasteiger partial charge in [-0.1, -0.05) is 6.07 Å². The van der Waals surface area contributed by atoms with E-state index in [2.05, 4.69) is 10.2 Å². The summed E-state index contributed by atoms with van der Waals surface area (Å²) < 4.78 is 41.3. The largest absolute Gasteiger partial charge is 0.493 e. The molecule has 2 aromatic carbocycles. The van der Waals surface area contributed by atoms with Crippen molar-refractivity contribution in [3.05, 3.63) is 53.1 Å². The van der Waals surface area contributed by atoms with Gasteiger partial charge in [-0.25, -0.2) is 0 Å². The highest BCUT2D eigenvalue weighted by Crippen LogP contribution is 2.46. The zero-order valence-electron chi connectivity index (χ0n) is 15.3. The second-order valence-corrected chi connectivity index (χ2v) is 8.01. The number of fused-ring (bicyclic) bond motifs is 1. The van der Waals surface area contributed by atoms with E-state index < -0.39 is 11.7 Å². The van der Waals surface area contributed by atoms with Crippen molar-refractivity contribution in [2.75, 3.05) is 11.5 Å². The molecule has 1 aliphatic heterocycles. The molecule has 28 heavy (non-hydrogen) atoms. The van der Waals surface area contributed by atoms with Crippen molar-refractivity contribution >= 4 is 34.0 Å². The smallest absolute Gasteiger partial charge is 0.416 e. The average molecular weight is 405 g/mol. The zero-order chi connectivity index (χ0) is 20.1. The van der Waals surface area contributed by atoms with Gasteiger partial charge in [0, 0.05) is 16.9 Å². The number of azo groups is 1. The van der Waals surface area contributed by atoms with Gasteiger partial charge in [0.15, 0.2) is 5.69 Å². The van der Waals surface area contributed by atoms with E-state index in [0.717, 1.165) is 34.8 Å². The second kappa shape index (κ2) is 6.84. The summed E-state index contributed by atoms with van der Waals surface area (Å²) in [6.07, 6.45) is -4.47. The van der Waals surface area contributed by atoms with Crippen LogP contribution in [0.15, 0.2) is 46.6 Å². The van der Waals surface area contributed by atoms with Gasteiger partial charge in [0.1, 0.15) is 0 Å². The van der Waals surface area contributed by atoms with Crippen molar-refractivity contribution in [2.24, 2.45) is 10.2 Å². The summed E-state index contributed by atoms with van der Waals surface area (Å²) in [5.74, 6) is 1.45. The average Bonchev–Trinajstić information content (AvgIpc) is 2.85. The first-order valence-electron chi connectivity index (χ1n) is 8.76. The van der Waals surface area contributed by atoms with Crippen molar-refractivity contribution in [1.82, 2.24) is 4.57 Å². The fourth-order valence-electron chi connectivity index (χ4n) is 3.20. The molecule has 0 amide bonds. The number of alkyl halides is 3. The highest BCUT2D eigenvalue weighted by molar-refractivity contribution is 8.00. The van der Waals surface area contributed by atoms with E-state index in [1.807, 2.05) is 26.0 Å². The maximum Gasteiger partial charge on any atom is 0.416 e. The summed E-state index contributed by atoms with van der Waals surface area (Å²) in [5, 5.41) is 19.3. The Balaban J connectivity index is 1.86. The first-order chi connectivity index (χ1) is 13.3. The number of rotatable bonds is 3. The van der Waals surface area contributed by atoms with Crippen LogP contribution in [0.5, 0.6) is 5.88 Å². The van der Waals surface area contributed by atoms with E-state index in [1.54, 1.807) is 22.4 Å². The van der Waals surface area contributed by atoms with E-state index in [-0.39, 0.29) is 23.0 Å². The number of thioether (sulfide) groups is 1. The van der Waals surface area contributed by atoms with Gasteiger partial charge >= 0.3 is 6.18 Å². The molecule has 1 fully saturated rings. The van der Waals surface area contributed by atoms with E-state index in [0.29, 0.717) is 11.2 Å². The summed E-state index contributed by atoms with van der Waals surface area (Å²) in [6, 6.07) is 9.04. The molecule has 1 saturated heterocycles. The molecule has 0 radical (unpaired) electrons. The molecule has 0 saturated carbocycles. The summed E-state index contributed by atoms with van der Waals surface area (Å²) in [4.78, 5) is 0. The number of aromatic nitrogens is 1. The molecular weight excluding hydrogens is 387 g/mol. The zero-order valence-corrected chi connectivity index (χ0v) is 16.1. The lowest BCUT2D eigenvalue weighted by atomic mass is 10.1. The van der Waals surface area contributed by atoms with Gasteiger partial charge in [-0.15, -0.1) is 5.11 Å². The topological polar surface area (TPSA) is 49.9 Å². The van der Waals surface area contributed by atoms with Crippen LogP contribution in [-0.4, -0.2) is 21.2 Å². The first kappa shape index (κ1) is 18.9. The molecule has 4 rings (SSSR count). The van der Waals surface area contributed by atoms with Crippen LogP contribution in [-0.2, 0) is 6.18 Å². The van der Waals surface area contributed by atoms with Crippen LogP contribution in [0.3, 0.4) is 0 Å². The normalized spacial score (nSPS) is 15.5. The number of benzene rings is 2. The number of aromatic hydroxyl groups is 1. The van der Waals surface area contributed by atoms with Gasteiger partial charge in [-0.05, 0) is 55.3 Å². The van der Waals surface area contributed by atoms with Crippen LogP contribution < -0.4 is 0 Å². The number of halogens is 3. The molecule has 8 heteroatoms. The summed E-state index contributed by atoms with van der Waals surface area (Å²) in [6.45, 7) is 3.92. The third kappa shape index (κ3) is 3.26. The molecule has 0 unspecified atom stereocenters. The van der Waals surface area contributed by atoms with E-state index in [4.69, 9.17) is 0 Å². The van der Waals surface area contributed by atoms with Crippen LogP contribution in [0.1, 0.15) is 22.7 Å². The molecule has 0 bridgehead atoms. The Labute approximate surface area is 164 Å². The Morgan fingerprint density at radius 1 is 1.04 bits per heavy atom. The maximum atomic E-state index is 13.2. The molecule has 3 aromatic rings. The van der Waals surface area contributed by atoms with E-state index in [9.17, 15) is 18.3 Å². The lowest BCUT2D eigenvalue weighted by Gasteiger charge is -2.27. The minimum Gasteiger partial charge on any atom is -0.493 e. The summed E-state index contributed by atoms with van der Waals surface area (Å²) in [7, 11) is 0. The number of nitrogens with zero attached hydrogens (tertiary/aromatic N) is 3. The highest BCUT2D eigenvalue weighted by Gasteiger charge is 2.33. The lowest BCUT2D eigenvalue weighted by Crippen LogP contribution is -2.22. The number of aryl methyl sites for hydroxylation is 2. The molecule has 1 aliphatic rings. The lowest BCUT2D eigenvalue weighted by molar-refractivity contribution is -0.137. The Kier molecular flexibility index (Phi) is 4.61. The van der Waals surface area contributed by atoms with Crippen molar-refractivity contribution in [2.45, 2.75) is 26.1 Å². The molecule has 0 atom stereocenters.